The van der Waals surface area contributed by atoms with Gasteiger partial charge in [0.1, 0.15) is 27.4 Å². The number of nitrogens with zero attached hydrogens (tertiary/aromatic N) is 1. The number of sulfonamides is 1. The molecule has 0 aliphatic rings. The first-order chi connectivity index (χ1) is 15.7. The van der Waals surface area contributed by atoms with Crippen molar-refractivity contribution in [1.82, 2.24) is 9.71 Å². The number of pyridine rings is 1. The van der Waals surface area contributed by atoms with Gasteiger partial charge in [0, 0.05) is 25.0 Å². The second-order valence-electron chi connectivity index (χ2n) is 6.86. The minimum atomic E-state index is -4.15. The fraction of sp³-hybridized carbons (Fsp3) is 0.227. The second kappa shape index (κ2) is 10.2. The summed E-state index contributed by atoms with van der Waals surface area (Å²) < 4.78 is 70.9. The van der Waals surface area contributed by atoms with E-state index in [0.717, 1.165) is 0 Å². The van der Waals surface area contributed by atoms with Crippen molar-refractivity contribution in [3.05, 3.63) is 72.6 Å². The van der Waals surface area contributed by atoms with Crippen molar-refractivity contribution in [3.63, 3.8) is 0 Å². The van der Waals surface area contributed by atoms with Crippen LogP contribution in [0.3, 0.4) is 0 Å². The summed E-state index contributed by atoms with van der Waals surface area (Å²) in [6.45, 7) is -0.428. The summed E-state index contributed by atoms with van der Waals surface area (Å²) in [5.74, 6) is 0.905. The van der Waals surface area contributed by atoms with Crippen LogP contribution in [-0.4, -0.2) is 49.7 Å². The first-order valence-electron chi connectivity index (χ1n) is 9.72. The van der Waals surface area contributed by atoms with Crippen LogP contribution >= 0.6 is 0 Å². The van der Waals surface area contributed by atoms with Crippen molar-refractivity contribution in [2.75, 3.05) is 27.9 Å². The van der Waals surface area contributed by atoms with Gasteiger partial charge in [-0.05, 0) is 48.0 Å². The molecule has 176 valence electrons. The Bertz CT molecular complexity index is 1290. The van der Waals surface area contributed by atoms with Crippen LogP contribution in [0.15, 0.2) is 76.8 Å². The number of hydrogen-bond acceptors (Lipinski definition) is 8. The van der Waals surface area contributed by atoms with Crippen LogP contribution in [0.4, 0.5) is 0 Å². The maximum absolute atomic E-state index is 13.5. The van der Waals surface area contributed by atoms with E-state index in [1.54, 1.807) is 18.2 Å². The Morgan fingerprint density at radius 1 is 0.879 bits per heavy atom. The highest BCUT2D eigenvalue weighted by Crippen LogP contribution is 2.31. The summed E-state index contributed by atoms with van der Waals surface area (Å²) >= 11 is 0. The van der Waals surface area contributed by atoms with Crippen LogP contribution in [0.2, 0.25) is 0 Å². The standard InChI is InChI=1S/C22H24N2O7S2/c1-29-17-6-9-19(10-7-17)32(25,26)22(16-5-4-12-23-14-16)15-24-33(27,28)21-13-18(30-2)8-11-20(21)31-3/h4-14,22,24H,15H2,1-3H3. The molecule has 3 rings (SSSR count). The van der Waals surface area contributed by atoms with E-state index in [0.29, 0.717) is 17.1 Å². The summed E-state index contributed by atoms with van der Waals surface area (Å²) in [6, 6.07) is 13.4. The molecule has 11 heteroatoms. The lowest BCUT2D eigenvalue weighted by Crippen LogP contribution is -2.32. The third kappa shape index (κ3) is 5.44. The van der Waals surface area contributed by atoms with E-state index in [2.05, 4.69) is 9.71 Å². The zero-order valence-corrected chi connectivity index (χ0v) is 19.9. The Balaban J connectivity index is 1.98. The predicted molar refractivity (Wildman–Crippen MR) is 122 cm³/mol. The Labute approximate surface area is 193 Å². The molecule has 0 aliphatic carbocycles. The zero-order valence-electron chi connectivity index (χ0n) is 18.3. The molecule has 2 aromatic carbocycles. The van der Waals surface area contributed by atoms with Crippen molar-refractivity contribution in [3.8, 4) is 17.2 Å². The lowest BCUT2D eigenvalue weighted by molar-refractivity contribution is 0.392. The van der Waals surface area contributed by atoms with Crippen LogP contribution in [0, 0.1) is 0 Å². The van der Waals surface area contributed by atoms with Crippen molar-refractivity contribution in [2.45, 2.75) is 15.0 Å². The van der Waals surface area contributed by atoms with Gasteiger partial charge in [-0.2, -0.15) is 0 Å². The van der Waals surface area contributed by atoms with Crippen molar-refractivity contribution in [1.29, 1.82) is 0 Å². The molecule has 1 unspecified atom stereocenters. The highest BCUT2D eigenvalue weighted by Gasteiger charge is 2.32. The summed E-state index contributed by atoms with van der Waals surface area (Å²) in [4.78, 5) is 3.85. The van der Waals surface area contributed by atoms with Gasteiger partial charge in [0.05, 0.1) is 26.2 Å². The zero-order chi connectivity index (χ0) is 24.1. The van der Waals surface area contributed by atoms with Gasteiger partial charge in [-0.3, -0.25) is 4.98 Å². The summed E-state index contributed by atoms with van der Waals surface area (Å²) in [5, 5.41) is -1.23. The molecule has 33 heavy (non-hydrogen) atoms. The number of hydrogen-bond donors (Lipinski definition) is 1. The number of ether oxygens (including phenoxy) is 3. The average molecular weight is 493 g/mol. The highest BCUT2D eigenvalue weighted by atomic mass is 32.2. The first kappa shape index (κ1) is 24.5. The van der Waals surface area contributed by atoms with Crippen molar-refractivity contribution >= 4 is 19.9 Å². The van der Waals surface area contributed by atoms with Gasteiger partial charge in [0.15, 0.2) is 9.84 Å². The number of benzene rings is 2. The average Bonchev–Trinajstić information content (AvgIpc) is 2.84. The lowest BCUT2D eigenvalue weighted by Gasteiger charge is -2.19. The Hall–Kier alpha value is -3.15. The molecule has 0 radical (unpaired) electrons. The van der Waals surface area contributed by atoms with Crippen molar-refractivity contribution in [2.24, 2.45) is 0 Å². The molecule has 1 heterocycles. The molecule has 1 atom stereocenters. The van der Waals surface area contributed by atoms with Gasteiger partial charge in [-0.25, -0.2) is 21.6 Å². The molecule has 3 aromatic rings. The monoisotopic (exact) mass is 492 g/mol. The van der Waals surface area contributed by atoms with E-state index in [1.165, 1.54) is 70.1 Å². The minimum Gasteiger partial charge on any atom is -0.497 e. The summed E-state index contributed by atoms with van der Waals surface area (Å²) in [5.41, 5.74) is 0.341. The molecular formula is C22H24N2O7S2. The van der Waals surface area contributed by atoms with Crippen LogP contribution in [-0.2, 0) is 19.9 Å². The number of nitrogens with one attached hydrogen (secondary N) is 1. The highest BCUT2D eigenvalue weighted by molar-refractivity contribution is 7.92. The lowest BCUT2D eigenvalue weighted by atomic mass is 10.2. The quantitative estimate of drug-likeness (QED) is 0.458. The predicted octanol–water partition coefficient (Wildman–Crippen LogP) is 2.60. The fourth-order valence-corrected chi connectivity index (χ4v) is 6.14. The SMILES string of the molecule is COc1ccc(S(=O)(=O)C(CNS(=O)(=O)c2cc(OC)ccc2OC)c2cccnc2)cc1. The van der Waals surface area contributed by atoms with Crippen LogP contribution < -0.4 is 18.9 Å². The normalized spacial score (nSPS) is 12.7. The third-order valence-electron chi connectivity index (χ3n) is 4.94. The molecule has 0 bridgehead atoms. The van der Waals surface area contributed by atoms with Crippen molar-refractivity contribution < 1.29 is 31.0 Å². The number of sulfone groups is 1. The molecular weight excluding hydrogens is 468 g/mol. The molecule has 0 aliphatic heterocycles. The Morgan fingerprint density at radius 2 is 1.55 bits per heavy atom. The molecule has 1 aromatic heterocycles. The molecule has 1 N–H and O–H groups in total. The molecule has 0 saturated heterocycles. The van der Waals surface area contributed by atoms with Gasteiger partial charge in [-0.15, -0.1) is 0 Å². The van der Waals surface area contributed by atoms with Gasteiger partial charge < -0.3 is 14.2 Å². The van der Waals surface area contributed by atoms with Crippen LogP contribution in [0.5, 0.6) is 17.2 Å². The maximum atomic E-state index is 13.5. The molecule has 0 fully saturated rings. The minimum absolute atomic E-state index is 0.0234. The Kier molecular flexibility index (Phi) is 7.57. The van der Waals surface area contributed by atoms with E-state index >= 15 is 0 Å². The summed E-state index contributed by atoms with van der Waals surface area (Å²) in [7, 11) is -3.92. The number of aromatic nitrogens is 1. The Morgan fingerprint density at radius 3 is 2.12 bits per heavy atom. The smallest absolute Gasteiger partial charge is 0.244 e. The summed E-state index contributed by atoms with van der Waals surface area (Å²) in [6.07, 6.45) is 2.90. The van der Waals surface area contributed by atoms with Crippen LogP contribution in [0.1, 0.15) is 10.8 Å². The van der Waals surface area contributed by atoms with E-state index in [-0.39, 0.29) is 15.5 Å². The van der Waals surface area contributed by atoms with E-state index in [4.69, 9.17) is 14.2 Å². The molecule has 0 saturated carbocycles. The van der Waals surface area contributed by atoms with Gasteiger partial charge >= 0.3 is 0 Å². The van der Waals surface area contributed by atoms with Gasteiger partial charge in [0.2, 0.25) is 10.0 Å². The number of rotatable bonds is 10. The molecule has 0 amide bonds. The maximum Gasteiger partial charge on any atom is 0.244 e. The number of methoxy groups -OCH3 is 3. The second-order valence-corrected chi connectivity index (χ2v) is 10.7. The van der Waals surface area contributed by atoms with E-state index < -0.39 is 31.7 Å². The largest absolute Gasteiger partial charge is 0.497 e. The van der Waals surface area contributed by atoms with Crippen LogP contribution in [0.25, 0.3) is 0 Å². The first-order valence-corrected chi connectivity index (χ1v) is 12.8. The fourth-order valence-electron chi connectivity index (χ4n) is 3.16. The van der Waals surface area contributed by atoms with E-state index in [9.17, 15) is 16.8 Å². The molecule has 0 spiro atoms. The van der Waals surface area contributed by atoms with Gasteiger partial charge in [-0.1, -0.05) is 6.07 Å². The third-order valence-corrected chi connectivity index (χ3v) is 8.50. The topological polar surface area (TPSA) is 121 Å². The van der Waals surface area contributed by atoms with Gasteiger partial charge in [0.25, 0.3) is 0 Å². The molecule has 9 nitrogen and oxygen atoms in total. The van der Waals surface area contributed by atoms with E-state index in [1.807, 2.05) is 0 Å².